The Hall–Kier alpha value is -0.570. The number of rotatable bonds is 5. The first kappa shape index (κ1) is 11.4. The minimum Gasteiger partial charge on any atom is -0.464 e. The van der Waals surface area contributed by atoms with Crippen LogP contribution in [0.5, 0.6) is 0 Å². The number of nitrogens with one attached hydrogen (secondary N) is 1. The van der Waals surface area contributed by atoms with Crippen LogP contribution in [0.3, 0.4) is 0 Å². The second-order valence-electron chi connectivity index (χ2n) is 3.27. The third kappa shape index (κ3) is 4.34. The van der Waals surface area contributed by atoms with Crippen molar-refractivity contribution < 1.29 is 9.53 Å². The van der Waals surface area contributed by atoms with Crippen molar-refractivity contribution in [1.82, 2.24) is 5.32 Å². The fourth-order valence-electron chi connectivity index (χ4n) is 0.838. The van der Waals surface area contributed by atoms with Gasteiger partial charge in [-0.3, -0.25) is 4.79 Å². The Morgan fingerprint density at radius 2 is 2.08 bits per heavy atom. The van der Waals surface area contributed by atoms with E-state index in [-0.39, 0.29) is 12.0 Å². The van der Waals surface area contributed by atoms with E-state index in [0.717, 1.165) is 6.42 Å². The highest BCUT2D eigenvalue weighted by molar-refractivity contribution is 5.75. The zero-order chi connectivity index (χ0) is 9.56. The lowest BCUT2D eigenvalue weighted by Crippen LogP contribution is -2.35. The summed E-state index contributed by atoms with van der Waals surface area (Å²) >= 11 is 0. The normalized spacial score (nSPS) is 13.1. The van der Waals surface area contributed by atoms with E-state index in [4.69, 9.17) is 4.74 Å². The predicted octanol–water partition coefficient (Wildman–Crippen LogP) is 1.18. The monoisotopic (exact) mass is 173 g/mol. The number of carbonyl (C=O) groups excluding carboxylic acids is 1. The highest BCUT2D eigenvalue weighted by Gasteiger charge is 2.15. The molecule has 0 aliphatic rings. The fraction of sp³-hybridized carbons (Fsp3) is 0.889. The van der Waals surface area contributed by atoms with Crippen LogP contribution in [0, 0.1) is 5.92 Å². The minimum absolute atomic E-state index is 0.145. The molecule has 0 radical (unpaired) electrons. The molecule has 3 nitrogen and oxygen atoms in total. The van der Waals surface area contributed by atoms with Gasteiger partial charge in [-0.15, -0.1) is 0 Å². The van der Waals surface area contributed by atoms with Gasteiger partial charge < -0.3 is 10.1 Å². The Morgan fingerprint density at radius 1 is 1.50 bits per heavy atom. The van der Waals surface area contributed by atoms with Crippen molar-refractivity contribution in [2.75, 3.05) is 13.7 Å². The number of esters is 1. The van der Waals surface area contributed by atoms with Gasteiger partial charge in [-0.25, -0.2) is 0 Å². The maximum atomic E-state index is 11.2. The van der Waals surface area contributed by atoms with Crippen LogP contribution in [-0.2, 0) is 9.53 Å². The van der Waals surface area contributed by atoms with Crippen molar-refractivity contribution in [2.45, 2.75) is 33.2 Å². The van der Waals surface area contributed by atoms with Gasteiger partial charge in [0, 0.05) is 0 Å². The first-order chi connectivity index (χ1) is 5.61. The van der Waals surface area contributed by atoms with Gasteiger partial charge in [0.2, 0.25) is 0 Å². The van der Waals surface area contributed by atoms with Crippen LogP contribution in [-0.4, -0.2) is 25.7 Å². The molecule has 3 heteroatoms. The summed E-state index contributed by atoms with van der Waals surface area (Å²) in [4.78, 5) is 11.2. The molecule has 0 aliphatic carbocycles. The average Bonchev–Trinajstić information content (AvgIpc) is 2.03. The molecule has 0 aromatic rings. The van der Waals surface area contributed by atoms with Crippen LogP contribution in [0.25, 0.3) is 0 Å². The molecule has 0 aromatic carbocycles. The van der Waals surface area contributed by atoms with E-state index in [1.165, 1.54) is 0 Å². The Bertz CT molecular complexity index is 130. The lowest BCUT2D eigenvalue weighted by atomic mass is 10.2. The second-order valence-corrected chi connectivity index (χ2v) is 3.27. The minimum atomic E-state index is -0.149. The van der Waals surface area contributed by atoms with Gasteiger partial charge in [-0.1, -0.05) is 20.8 Å². The lowest BCUT2D eigenvalue weighted by Gasteiger charge is -2.13. The number of hydrogen-bond acceptors (Lipinski definition) is 3. The maximum absolute atomic E-state index is 11.2. The highest BCUT2D eigenvalue weighted by atomic mass is 16.5. The van der Waals surface area contributed by atoms with Crippen LogP contribution < -0.4 is 5.32 Å². The summed E-state index contributed by atoms with van der Waals surface area (Å²) in [6.45, 7) is 6.51. The molecule has 72 valence electrons. The van der Waals surface area contributed by atoms with Gasteiger partial charge in [0.05, 0.1) is 6.61 Å². The summed E-state index contributed by atoms with van der Waals surface area (Å²) in [5.74, 6) is 0.261. The van der Waals surface area contributed by atoms with Gasteiger partial charge >= 0.3 is 5.97 Å². The van der Waals surface area contributed by atoms with E-state index in [2.05, 4.69) is 5.32 Å². The Morgan fingerprint density at radius 3 is 2.42 bits per heavy atom. The van der Waals surface area contributed by atoms with Crippen LogP contribution in [0.15, 0.2) is 0 Å². The van der Waals surface area contributed by atoms with E-state index in [0.29, 0.717) is 12.5 Å². The van der Waals surface area contributed by atoms with Gasteiger partial charge in [-0.05, 0) is 19.4 Å². The zero-order valence-corrected chi connectivity index (χ0v) is 8.39. The first-order valence-corrected chi connectivity index (χ1v) is 4.45. The second kappa shape index (κ2) is 6.00. The molecule has 1 atom stereocenters. The summed E-state index contributed by atoms with van der Waals surface area (Å²) in [6.07, 6.45) is 0.771. The van der Waals surface area contributed by atoms with Gasteiger partial charge in [0.1, 0.15) is 6.04 Å². The smallest absolute Gasteiger partial charge is 0.323 e. The van der Waals surface area contributed by atoms with Gasteiger partial charge in [-0.2, -0.15) is 0 Å². The fourth-order valence-corrected chi connectivity index (χ4v) is 0.838. The first-order valence-electron chi connectivity index (χ1n) is 4.45. The quantitative estimate of drug-likeness (QED) is 0.634. The molecule has 0 rings (SSSR count). The van der Waals surface area contributed by atoms with Crippen molar-refractivity contribution in [3.8, 4) is 0 Å². The SMILES string of the molecule is CCC(NC)C(=O)OCC(C)C. The van der Waals surface area contributed by atoms with E-state index in [1.807, 2.05) is 20.8 Å². The van der Waals surface area contributed by atoms with Crippen LogP contribution in [0.1, 0.15) is 27.2 Å². The number of ether oxygens (including phenoxy) is 1. The van der Waals surface area contributed by atoms with Crippen molar-refractivity contribution in [3.63, 3.8) is 0 Å². The Balaban J connectivity index is 3.69. The summed E-state index contributed by atoms with van der Waals surface area (Å²) in [6, 6.07) is -0.149. The molecule has 12 heavy (non-hydrogen) atoms. The molecule has 0 fully saturated rings. The Labute approximate surface area is 74.5 Å². The molecule has 0 heterocycles. The molecule has 0 aliphatic heterocycles. The standard InChI is InChI=1S/C9H19NO2/c1-5-8(10-4)9(11)12-6-7(2)3/h7-8,10H,5-6H2,1-4H3. The molecule has 1 N–H and O–H groups in total. The maximum Gasteiger partial charge on any atom is 0.323 e. The molecule has 0 amide bonds. The predicted molar refractivity (Wildman–Crippen MR) is 48.9 cm³/mol. The topological polar surface area (TPSA) is 38.3 Å². The van der Waals surface area contributed by atoms with Gasteiger partial charge in [0.15, 0.2) is 0 Å². The molecule has 0 saturated heterocycles. The van der Waals surface area contributed by atoms with E-state index < -0.39 is 0 Å². The summed E-state index contributed by atoms with van der Waals surface area (Å²) in [5.41, 5.74) is 0. The zero-order valence-electron chi connectivity index (χ0n) is 8.39. The van der Waals surface area contributed by atoms with Crippen molar-refractivity contribution in [2.24, 2.45) is 5.92 Å². The van der Waals surface area contributed by atoms with Crippen LogP contribution >= 0.6 is 0 Å². The highest BCUT2D eigenvalue weighted by Crippen LogP contribution is 1.98. The summed E-state index contributed by atoms with van der Waals surface area (Å²) in [5, 5.41) is 2.90. The number of hydrogen-bond donors (Lipinski definition) is 1. The largest absolute Gasteiger partial charge is 0.464 e. The third-order valence-corrected chi connectivity index (χ3v) is 1.60. The van der Waals surface area contributed by atoms with Crippen molar-refractivity contribution in [3.05, 3.63) is 0 Å². The molecular weight excluding hydrogens is 154 g/mol. The summed E-state index contributed by atoms with van der Waals surface area (Å²) in [7, 11) is 1.77. The summed E-state index contributed by atoms with van der Waals surface area (Å²) < 4.78 is 5.05. The average molecular weight is 173 g/mol. The van der Waals surface area contributed by atoms with Crippen molar-refractivity contribution in [1.29, 1.82) is 0 Å². The van der Waals surface area contributed by atoms with Crippen LogP contribution in [0.2, 0.25) is 0 Å². The number of carbonyl (C=O) groups is 1. The molecule has 0 bridgehead atoms. The lowest BCUT2D eigenvalue weighted by molar-refractivity contribution is -0.147. The van der Waals surface area contributed by atoms with Crippen molar-refractivity contribution >= 4 is 5.97 Å². The molecule has 0 spiro atoms. The molecule has 0 saturated carbocycles. The van der Waals surface area contributed by atoms with E-state index in [9.17, 15) is 4.79 Å². The van der Waals surface area contributed by atoms with Gasteiger partial charge in [0.25, 0.3) is 0 Å². The molecular formula is C9H19NO2. The Kier molecular flexibility index (Phi) is 5.72. The molecule has 1 unspecified atom stereocenters. The number of likely N-dealkylation sites (N-methyl/N-ethyl adjacent to an activating group) is 1. The van der Waals surface area contributed by atoms with Crippen LogP contribution in [0.4, 0.5) is 0 Å². The molecule has 0 aromatic heterocycles. The van der Waals surface area contributed by atoms with E-state index >= 15 is 0 Å². The van der Waals surface area contributed by atoms with E-state index in [1.54, 1.807) is 7.05 Å². The third-order valence-electron chi connectivity index (χ3n) is 1.60.